The Morgan fingerprint density at radius 2 is 1.90 bits per heavy atom. The summed E-state index contributed by atoms with van der Waals surface area (Å²) in [6.07, 6.45) is 1.09. The van der Waals surface area contributed by atoms with Crippen LogP contribution in [-0.2, 0) is 11.2 Å². The maximum atomic E-state index is 10.5. The van der Waals surface area contributed by atoms with Crippen LogP contribution in [0, 0.1) is 6.92 Å². The standard InChI is InChI=1S/C18H20O2/c1-13-6-2-4-8-15(13)17(19)12-18-16-9-5-3-7-14(16)10-11-20-18/h2-9,17-19H,10-12H2,1H3. The van der Waals surface area contributed by atoms with Crippen LogP contribution in [0.15, 0.2) is 48.5 Å². The number of fused-ring (bicyclic) bond motifs is 1. The van der Waals surface area contributed by atoms with Crippen molar-refractivity contribution in [3.8, 4) is 0 Å². The van der Waals surface area contributed by atoms with Gasteiger partial charge in [0.2, 0.25) is 0 Å². The van der Waals surface area contributed by atoms with Crippen molar-refractivity contribution in [2.24, 2.45) is 0 Å². The van der Waals surface area contributed by atoms with Gasteiger partial charge >= 0.3 is 0 Å². The quantitative estimate of drug-likeness (QED) is 0.919. The average molecular weight is 268 g/mol. The molecule has 0 radical (unpaired) electrons. The zero-order chi connectivity index (χ0) is 13.9. The Morgan fingerprint density at radius 3 is 2.75 bits per heavy atom. The van der Waals surface area contributed by atoms with E-state index in [0.717, 1.165) is 24.2 Å². The molecule has 1 aliphatic rings. The smallest absolute Gasteiger partial charge is 0.0855 e. The molecule has 1 N–H and O–H groups in total. The first-order valence-corrected chi connectivity index (χ1v) is 7.18. The molecule has 104 valence electrons. The van der Waals surface area contributed by atoms with E-state index in [1.54, 1.807) is 0 Å². The molecule has 3 rings (SSSR count). The lowest BCUT2D eigenvalue weighted by atomic mass is 9.91. The van der Waals surface area contributed by atoms with Gasteiger partial charge in [-0.25, -0.2) is 0 Å². The molecule has 2 atom stereocenters. The minimum atomic E-state index is -0.479. The molecule has 2 nitrogen and oxygen atoms in total. The van der Waals surface area contributed by atoms with Crippen LogP contribution in [0.25, 0.3) is 0 Å². The van der Waals surface area contributed by atoms with E-state index in [-0.39, 0.29) is 6.10 Å². The SMILES string of the molecule is Cc1ccccc1C(O)CC1OCCc2ccccc21. The van der Waals surface area contributed by atoms with E-state index in [0.29, 0.717) is 6.42 Å². The summed E-state index contributed by atoms with van der Waals surface area (Å²) < 4.78 is 5.88. The fourth-order valence-electron chi connectivity index (χ4n) is 2.96. The second kappa shape index (κ2) is 5.78. The number of aliphatic hydroxyl groups excluding tert-OH is 1. The maximum absolute atomic E-state index is 10.5. The van der Waals surface area contributed by atoms with Crippen LogP contribution < -0.4 is 0 Å². The molecule has 20 heavy (non-hydrogen) atoms. The summed E-state index contributed by atoms with van der Waals surface area (Å²) in [6, 6.07) is 16.4. The van der Waals surface area contributed by atoms with Gasteiger partial charge in [0, 0.05) is 6.42 Å². The summed E-state index contributed by atoms with van der Waals surface area (Å²) in [5.74, 6) is 0. The van der Waals surface area contributed by atoms with Crippen LogP contribution in [0.3, 0.4) is 0 Å². The van der Waals surface area contributed by atoms with E-state index in [1.807, 2.05) is 37.3 Å². The predicted octanol–water partition coefficient (Wildman–Crippen LogP) is 3.73. The van der Waals surface area contributed by atoms with Crippen LogP contribution in [-0.4, -0.2) is 11.7 Å². The van der Waals surface area contributed by atoms with Crippen LogP contribution >= 0.6 is 0 Å². The van der Waals surface area contributed by atoms with Crippen molar-refractivity contribution in [3.63, 3.8) is 0 Å². The molecule has 0 fully saturated rings. The first-order chi connectivity index (χ1) is 9.75. The van der Waals surface area contributed by atoms with Gasteiger partial charge in [-0.3, -0.25) is 0 Å². The van der Waals surface area contributed by atoms with Crippen molar-refractivity contribution >= 4 is 0 Å². The molecule has 2 aromatic carbocycles. The van der Waals surface area contributed by atoms with Crippen LogP contribution in [0.5, 0.6) is 0 Å². The van der Waals surface area contributed by atoms with Gasteiger partial charge in [-0.2, -0.15) is 0 Å². The molecular formula is C18H20O2. The van der Waals surface area contributed by atoms with Crippen LogP contribution in [0.1, 0.15) is 40.9 Å². The molecule has 0 aliphatic carbocycles. The summed E-state index contributed by atoms with van der Waals surface area (Å²) >= 11 is 0. The second-order valence-corrected chi connectivity index (χ2v) is 5.42. The third-order valence-electron chi connectivity index (χ3n) is 4.08. The Labute approximate surface area is 120 Å². The maximum Gasteiger partial charge on any atom is 0.0855 e. The van der Waals surface area contributed by atoms with Crippen molar-refractivity contribution in [1.29, 1.82) is 0 Å². The van der Waals surface area contributed by atoms with E-state index < -0.39 is 6.10 Å². The first kappa shape index (κ1) is 13.3. The molecule has 0 saturated heterocycles. The van der Waals surface area contributed by atoms with E-state index in [2.05, 4.69) is 18.2 Å². The molecule has 0 saturated carbocycles. The number of aliphatic hydroxyl groups is 1. The number of hydrogen-bond donors (Lipinski definition) is 1. The van der Waals surface area contributed by atoms with Crippen LogP contribution in [0.4, 0.5) is 0 Å². The van der Waals surface area contributed by atoms with Gasteiger partial charge in [-0.05, 0) is 35.6 Å². The Hall–Kier alpha value is -1.64. The molecule has 0 aromatic heterocycles. The Kier molecular flexibility index (Phi) is 3.86. The molecule has 2 aromatic rings. The summed E-state index contributed by atoms with van der Waals surface area (Å²) in [5, 5.41) is 10.5. The van der Waals surface area contributed by atoms with E-state index in [9.17, 15) is 5.11 Å². The van der Waals surface area contributed by atoms with Gasteiger partial charge in [0.25, 0.3) is 0 Å². The molecule has 0 spiro atoms. The van der Waals surface area contributed by atoms with Gasteiger partial charge in [0.1, 0.15) is 0 Å². The minimum Gasteiger partial charge on any atom is -0.388 e. The third kappa shape index (κ3) is 2.62. The van der Waals surface area contributed by atoms with Crippen molar-refractivity contribution < 1.29 is 9.84 Å². The molecule has 0 bridgehead atoms. The highest BCUT2D eigenvalue weighted by Crippen LogP contribution is 2.34. The van der Waals surface area contributed by atoms with Gasteiger partial charge < -0.3 is 9.84 Å². The third-order valence-corrected chi connectivity index (χ3v) is 4.08. The lowest BCUT2D eigenvalue weighted by molar-refractivity contribution is 0.00365. The normalized spacial score (nSPS) is 19.4. The highest BCUT2D eigenvalue weighted by Gasteiger charge is 2.24. The highest BCUT2D eigenvalue weighted by atomic mass is 16.5. The number of hydrogen-bond acceptors (Lipinski definition) is 2. The van der Waals surface area contributed by atoms with Crippen molar-refractivity contribution in [1.82, 2.24) is 0 Å². The predicted molar refractivity (Wildman–Crippen MR) is 79.6 cm³/mol. The van der Waals surface area contributed by atoms with E-state index >= 15 is 0 Å². The van der Waals surface area contributed by atoms with E-state index in [4.69, 9.17) is 4.74 Å². The van der Waals surface area contributed by atoms with Gasteiger partial charge in [0.05, 0.1) is 18.8 Å². The van der Waals surface area contributed by atoms with E-state index in [1.165, 1.54) is 11.1 Å². The molecule has 1 aliphatic heterocycles. The first-order valence-electron chi connectivity index (χ1n) is 7.18. The second-order valence-electron chi connectivity index (χ2n) is 5.42. The molecule has 1 heterocycles. The lowest BCUT2D eigenvalue weighted by Crippen LogP contribution is -2.18. The fourth-order valence-corrected chi connectivity index (χ4v) is 2.96. The molecule has 0 amide bonds. The number of aryl methyl sites for hydroxylation is 1. The zero-order valence-corrected chi connectivity index (χ0v) is 11.8. The summed E-state index contributed by atoms with van der Waals surface area (Å²) in [6.45, 7) is 2.77. The molecule has 2 heteroatoms. The zero-order valence-electron chi connectivity index (χ0n) is 11.8. The molecular weight excluding hydrogens is 248 g/mol. The average Bonchev–Trinajstić information content (AvgIpc) is 2.48. The largest absolute Gasteiger partial charge is 0.388 e. The highest BCUT2D eigenvalue weighted by molar-refractivity contribution is 5.32. The van der Waals surface area contributed by atoms with Crippen molar-refractivity contribution in [3.05, 3.63) is 70.8 Å². The topological polar surface area (TPSA) is 29.5 Å². The Balaban J connectivity index is 1.81. The van der Waals surface area contributed by atoms with Crippen molar-refractivity contribution in [2.75, 3.05) is 6.61 Å². The van der Waals surface area contributed by atoms with Gasteiger partial charge in [-0.15, -0.1) is 0 Å². The number of benzene rings is 2. The Morgan fingerprint density at radius 1 is 1.15 bits per heavy atom. The summed E-state index contributed by atoms with van der Waals surface area (Å²) in [5.41, 5.74) is 4.70. The summed E-state index contributed by atoms with van der Waals surface area (Å²) in [7, 11) is 0. The van der Waals surface area contributed by atoms with Gasteiger partial charge in [-0.1, -0.05) is 48.5 Å². The monoisotopic (exact) mass is 268 g/mol. The lowest BCUT2D eigenvalue weighted by Gasteiger charge is -2.28. The summed E-state index contributed by atoms with van der Waals surface area (Å²) in [4.78, 5) is 0. The number of ether oxygens (including phenoxy) is 1. The van der Waals surface area contributed by atoms with Crippen molar-refractivity contribution in [2.45, 2.75) is 32.0 Å². The minimum absolute atomic E-state index is 0.00504. The number of rotatable bonds is 3. The fraction of sp³-hybridized carbons (Fsp3) is 0.333. The Bertz CT molecular complexity index is 591. The van der Waals surface area contributed by atoms with Crippen LogP contribution in [0.2, 0.25) is 0 Å². The molecule has 2 unspecified atom stereocenters. The van der Waals surface area contributed by atoms with Gasteiger partial charge in [0.15, 0.2) is 0 Å².